The zero-order chi connectivity index (χ0) is 26.4. The average molecular weight is 524 g/mol. The van der Waals surface area contributed by atoms with Crippen LogP contribution in [0.1, 0.15) is 70.4 Å². The van der Waals surface area contributed by atoms with Gasteiger partial charge in [0, 0.05) is 48.8 Å². The number of rotatable bonds is 6. The van der Waals surface area contributed by atoms with Gasteiger partial charge >= 0.3 is 0 Å². The topological polar surface area (TPSA) is 43.9 Å². The van der Waals surface area contributed by atoms with E-state index in [0.29, 0.717) is 49.1 Å². The maximum absolute atomic E-state index is 13.9. The summed E-state index contributed by atoms with van der Waals surface area (Å²) in [5.74, 6) is 0.850. The van der Waals surface area contributed by atoms with E-state index in [1.807, 2.05) is 59.2 Å². The Hall–Kier alpha value is -2.37. The molecule has 2 unspecified atom stereocenters. The van der Waals surface area contributed by atoms with Gasteiger partial charge in [0.15, 0.2) is 0 Å². The van der Waals surface area contributed by atoms with E-state index in [0.717, 1.165) is 55.5 Å². The number of carbonyl (C=O) groups excluding carboxylic acids is 2. The molecule has 2 bridgehead atoms. The Balaban J connectivity index is 1.72. The minimum Gasteiger partial charge on any atom is -0.336 e. The molecule has 2 aliphatic rings. The number of nitrogens with zero attached hydrogens (tertiary/aromatic N) is 3. The summed E-state index contributed by atoms with van der Waals surface area (Å²) in [5.41, 5.74) is 2.83. The Kier molecular flexibility index (Phi) is 9.66. The SMILES string of the molecule is CCC(=O)N1CCC2CCCC(CN(C(=O)Cc3ccccc3Cl)Cc3ccccc31)N2CCC(C)C. The molecule has 2 atom stereocenters. The largest absolute Gasteiger partial charge is 0.336 e. The number of fused-ring (bicyclic) bond motifs is 3. The number of hydrogen-bond acceptors (Lipinski definition) is 3. The van der Waals surface area contributed by atoms with Gasteiger partial charge in [0.05, 0.1) is 6.42 Å². The highest BCUT2D eigenvalue weighted by molar-refractivity contribution is 6.31. The van der Waals surface area contributed by atoms with Crippen LogP contribution < -0.4 is 4.90 Å². The zero-order valence-corrected chi connectivity index (χ0v) is 23.4. The normalized spacial score (nSPS) is 20.9. The minimum atomic E-state index is 0.0847. The predicted octanol–water partition coefficient (Wildman–Crippen LogP) is 6.33. The highest BCUT2D eigenvalue weighted by Gasteiger charge is 2.34. The van der Waals surface area contributed by atoms with Crippen LogP contribution in [0.2, 0.25) is 5.02 Å². The van der Waals surface area contributed by atoms with Crippen molar-refractivity contribution >= 4 is 29.1 Å². The molecule has 2 aromatic carbocycles. The van der Waals surface area contributed by atoms with Crippen LogP contribution in [0, 0.1) is 5.92 Å². The molecule has 0 spiro atoms. The first-order chi connectivity index (χ1) is 17.9. The van der Waals surface area contributed by atoms with E-state index in [-0.39, 0.29) is 18.2 Å². The van der Waals surface area contributed by atoms with Gasteiger partial charge in [0.2, 0.25) is 11.8 Å². The highest BCUT2D eigenvalue weighted by atomic mass is 35.5. The summed E-state index contributed by atoms with van der Waals surface area (Å²) in [6.07, 6.45) is 6.26. The van der Waals surface area contributed by atoms with Crippen LogP contribution in [0.15, 0.2) is 48.5 Å². The molecule has 200 valence electrons. The summed E-state index contributed by atoms with van der Waals surface area (Å²) in [6, 6.07) is 16.5. The van der Waals surface area contributed by atoms with Crippen molar-refractivity contribution < 1.29 is 9.59 Å². The third-order valence-corrected chi connectivity index (χ3v) is 8.36. The Morgan fingerprint density at radius 2 is 1.70 bits per heavy atom. The third kappa shape index (κ3) is 6.94. The van der Waals surface area contributed by atoms with E-state index in [1.54, 1.807) is 0 Å². The molecule has 1 saturated heterocycles. The zero-order valence-electron chi connectivity index (χ0n) is 22.7. The third-order valence-electron chi connectivity index (χ3n) is 7.99. The van der Waals surface area contributed by atoms with Gasteiger partial charge in [-0.1, -0.05) is 75.2 Å². The van der Waals surface area contributed by atoms with E-state index in [9.17, 15) is 9.59 Å². The van der Waals surface area contributed by atoms with Crippen molar-refractivity contribution in [2.45, 2.75) is 84.3 Å². The van der Waals surface area contributed by atoms with Crippen LogP contribution in [-0.4, -0.2) is 53.3 Å². The second-order valence-electron chi connectivity index (χ2n) is 11.0. The minimum absolute atomic E-state index is 0.0847. The van der Waals surface area contributed by atoms with Crippen LogP contribution in [0.3, 0.4) is 0 Å². The molecule has 37 heavy (non-hydrogen) atoms. The summed E-state index contributed by atoms with van der Waals surface area (Å²) >= 11 is 6.44. The Bertz CT molecular complexity index is 1070. The summed E-state index contributed by atoms with van der Waals surface area (Å²) in [6.45, 7) is 9.43. The van der Waals surface area contributed by atoms with Crippen molar-refractivity contribution in [3.63, 3.8) is 0 Å². The van der Waals surface area contributed by atoms with Gasteiger partial charge in [0.25, 0.3) is 0 Å². The second kappa shape index (κ2) is 12.9. The van der Waals surface area contributed by atoms with Crippen LogP contribution in [0.5, 0.6) is 0 Å². The summed E-state index contributed by atoms with van der Waals surface area (Å²) in [4.78, 5) is 33.7. The van der Waals surface area contributed by atoms with Gasteiger partial charge in [-0.2, -0.15) is 0 Å². The molecule has 0 radical (unpaired) electrons. The lowest BCUT2D eigenvalue weighted by Crippen LogP contribution is -2.53. The summed E-state index contributed by atoms with van der Waals surface area (Å²) in [5, 5.41) is 0.630. The summed E-state index contributed by atoms with van der Waals surface area (Å²) in [7, 11) is 0. The predicted molar refractivity (Wildman–Crippen MR) is 152 cm³/mol. The number of halogens is 1. The number of amides is 2. The first kappa shape index (κ1) is 27.7. The van der Waals surface area contributed by atoms with Crippen molar-refractivity contribution in [2.24, 2.45) is 5.92 Å². The monoisotopic (exact) mass is 523 g/mol. The fourth-order valence-corrected chi connectivity index (χ4v) is 6.09. The van der Waals surface area contributed by atoms with Gasteiger partial charge in [-0.05, 0) is 61.4 Å². The molecule has 2 heterocycles. The standard InChI is InChI=1S/C31H42ClN3O2/c1-4-30(36)35-19-17-26-12-9-13-27(34(26)18-16-23(2)3)22-33(21-25-11-6-8-15-29(25)35)31(37)20-24-10-5-7-14-28(24)32/h5-8,10-11,14-15,23,26-27H,4,9,12-13,16-22H2,1-3H3. The molecular weight excluding hydrogens is 482 g/mol. The Morgan fingerprint density at radius 3 is 2.46 bits per heavy atom. The Labute approximate surface area is 227 Å². The van der Waals surface area contributed by atoms with E-state index in [1.165, 1.54) is 0 Å². The number of piperidine rings is 1. The number of carbonyl (C=O) groups is 2. The smallest absolute Gasteiger partial charge is 0.227 e. The van der Waals surface area contributed by atoms with Crippen molar-refractivity contribution in [3.8, 4) is 0 Å². The molecule has 0 aromatic heterocycles. The van der Waals surface area contributed by atoms with Crippen LogP contribution in [-0.2, 0) is 22.6 Å². The maximum Gasteiger partial charge on any atom is 0.227 e. The van der Waals surface area contributed by atoms with Crippen molar-refractivity contribution in [1.82, 2.24) is 9.80 Å². The van der Waals surface area contributed by atoms with E-state index >= 15 is 0 Å². The highest BCUT2D eigenvalue weighted by Crippen LogP contribution is 2.31. The average Bonchev–Trinajstić information content (AvgIpc) is 2.90. The van der Waals surface area contributed by atoms with E-state index in [4.69, 9.17) is 11.6 Å². The quantitative estimate of drug-likeness (QED) is 0.444. The van der Waals surface area contributed by atoms with Crippen LogP contribution in [0.25, 0.3) is 0 Å². The first-order valence-corrected chi connectivity index (χ1v) is 14.4. The molecule has 0 N–H and O–H groups in total. The van der Waals surface area contributed by atoms with Gasteiger partial charge in [-0.15, -0.1) is 0 Å². The second-order valence-corrected chi connectivity index (χ2v) is 11.4. The van der Waals surface area contributed by atoms with Gasteiger partial charge < -0.3 is 9.80 Å². The van der Waals surface area contributed by atoms with Gasteiger partial charge in [0.1, 0.15) is 0 Å². The summed E-state index contributed by atoms with van der Waals surface area (Å²) < 4.78 is 0. The van der Waals surface area contributed by atoms with Crippen molar-refractivity contribution in [2.75, 3.05) is 24.5 Å². The molecule has 5 nitrogen and oxygen atoms in total. The molecule has 0 aliphatic carbocycles. The molecule has 6 heteroatoms. The lowest BCUT2D eigenvalue weighted by Gasteiger charge is -2.44. The molecule has 1 fully saturated rings. The number of para-hydroxylation sites is 1. The molecule has 4 rings (SSSR count). The van der Waals surface area contributed by atoms with Crippen LogP contribution >= 0.6 is 11.6 Å². The Morgan fingerprint density at radius 1 is 0.973 bits per heavy atom. The van der Waals surface area contributed by atoms with Crippen LogP contribution in [0.4, 0.5) is 5.69 Å². The number of anilines is 1. The van der Waals surface area contributed by atoms with Crippen molar-refractivity contribution in [1.29, 1.82) is 0 Å². The molecule has 2 aromatic rings. The molecule has 2 aliphatic heterocycles. The lowest BCUT2D eigenvalue weighted by atomic mass is 9.92. The van der Waals surface area contributed by atoms with E-state index in [2.05, 4.69) is 24.8 Å². The lowest BCUT2D eigenvalue weighted by molar-refractivity contribution is -0.132. The maximum atomic E-state index is 13.9. The number of hydrogen-bond donors (Lipinski definition) is 0. The molecule has 2 amide bonds. The van der Waals surface area contributed by atoms with Gasteiger partial charge in [-0.25, -0.2) is 0 Å². The van der Waals surface area contributed by atoms with Gasteiger partial charge in [-0.3, -0.25) is 14.5 Å². The molecular formula is C31H42ClN3O2. The van der Waals surface area contributed by atoms with E-state index < -0.39 is 0 Å². The van der Waals surface area contributed by atoms with Crippen molar-refractivity contribution in [3.05, 3.63) is 64.7 Å². The molecule has 0 saturated carbocycles. The first-order valence-electron chi connectivity index (χ1n) is 14.0. The fourth-order valence-electron chi connectivity index (χ4n) is 5.89. The number of benzene rings is 2. The fraction of sp³-hybridized carbons (Fsp3) is 0.548.